The summed E-state index contributed by atoms with van der Waals surface area (Å²) >= 11 is 0. The summed E-state index contributed by atoms with van der Waals surface area (Å²) in [5.74, 6) is 0. The van der Waals surface area contributed by atoms with Crippen LogP contribution in [0.2, 0.25) is 0 Å². The van der Waals surface area contributed by atoms with E-state index in [0.717, 1.165) is 0 Å². The molecule has 0 saturated carbocycles. The molecule has 0 radical (unpaired) electrons. The summed E-state index contributed by atoms with van der Waals surface area (Å²) in [4.78, 5) is 0. The fourth-order valence-corrected chi connectivity index (χ4v) is 2.22. The predicted molar refractivity (Wildman–Crippen MR) is 61.5 cm³/mol. The number of rotatable bonds is 2. The Hall–Kier alpha value is -0.760. The van der Waals surface area contributed by atoms with Crippen LogP contribution in [0.4, 0.5) is 0 Å². The lowest BCUT2D eigenvalue weighted by Gasteiger charge is -2.20. The molecule has 1 rings (SSSR count). The normalized spacial score (nSPS) is 12.6. The van der Waals surface area contributed by atoms with Gasteiger partial charge >= 0.3 is 0 Å². The van der Waals surface area contributed by atoms with Gasteiger partial charge in [-0.25, -0.2) is 0 Å². The van der Waals surface area contributed by atoms with Gasteiger partial charge in [-0.3, -0.25) is 0 Å². The lowest BCUT2D eigenvalue weighted by Crippen LogP contribution is -2.29. The van der Waals surface area contributed by atoms with Crippen molar-refractivity contribution in [3.8, 4) is 0 Å². The first kappa shape index (κ1) is 11.3. The maximum Gasteiger partial charge on any atom is 0.0370 e. The Morgan fingerprint density at radius 1 is 1.29 bits per heavy atom. The second-order valence-corrected chi connectivity index (χ2v) is 4.97. The van der Waals surface area contributed by atoms with Gasteiger partial charge in [0.05, 0.1) is 0 Å². The molecule has 0 fully saturated rings. The van der Waals surface area contributed by atoms with E-state index in [1.165, 1.54) is 17.0 Å². The molecule has 2 N–H and O–H groups in total. The third-order valence-electron chi connectivity index (χ3n) is 2.69. The standard InChI is InChI=1S/C12H22N2/c1-8(2)14-9(3)7-11(10(14)4)12(5,6)13/h7-8H,13H2,1-6H3. The van der Waals surface area contributed by atoms with E-state index in [0.29, 0.717) is 6.04 Å². The molecule has 0 spiro atoms. The van der Waals surface area contributed by atoms with Crippen LogP contribution in [-0.4, -0.2) is 4.57 Å². The van der Waals surface area contributed by atoms with Crippen LogP contribution in [0.25, 0.3) is 0 Å². The van der Waals surface area contributed by atoms with Crippen molar-refractivity contribution in [2.24, 2.45) is 5.73 Å². The molecule has 0 saturated heterocycles. The molecule has 2 nitrogen and oxygen atoms in total. The Kier molecular flexibility index (Phi) is 2.77. The van der Waals surface area contributed by atoms with Crippen molar-refractivity contribution in [3.05, 3.63) is 23.0 Å². The highest BCUT2D eigenvalue weighted by molar-refractivity contribution is 5.32. The van der Waals surface area contributed by atoms with Crippen LogP contribution in [0, 0.1) is 13.8 Å². The molecule has 1 aromatic rings. The SMILES string of the molecule is Cc1cc(C(C)(C)N)c(C)n1C(C)C. The zero-order valence-electron chi connectivity index (χ0n) is 10.2. The number of hydrogen-bond donors (Lipinski definition) is 1. The van der Waals surface area contributed by atoms with Gasteiger partial charge < -0.3 is 10.3 Å². The van der Waals surface area contributed by atoms with Gasteiger partial charge in [0.15, 0.2) is 0 Å². The molecule has 0 atom stereocenters. The van der Waals surface area contributed by atoms with Gasteiger partial charge in [-0.15, -0.1) is 0 Å². The summed E-state index contributed by atoms with van der Waals surface area (Å²) in [5.41, 5.74) is 9.73. The van der Waals surface area contributed by atoms with Crippen LogP contribution >= 0.6 is 0 Å². The van der Waals surface area contributed by atoms with Crippen molar-refractivity contribution in [2.45, 2.75) is 53.1 Å². The Bertz CT molecular complexity index is 327. The summed E-state index contributed by atoms with van der Waals surface area (Å²) in [5, 5.41) is 0. The van der Waals surface area contributed by atoms with Crippen molar-refractivity contribution in [1.82, 2.24) is 4.57 Å². The monoisotopic (exact) mass is 194 g/mol. The third-order valence-corrected chi connectivity index (χ3v) is 2.69. The van der Waals surface area contributed by atoms with Gasteiger partial charge in [0, 0.05) is 23.0 Å². The largest absolute Gasteiger partial charge is 0.346 e. The molecule has 80 valence electrons. The summed E-state index contributed by atoms with van der Waals surface area (Å²) in [7, 11) is 0. The molecular formula is C12H22N2. The molecule has 0 aromatic carbocycles. The van der Waals surface area contributed by atoms with Crippen LogP contribution in [0.3, 0.4) is 0 Å². The maximum absolute atomic E-state index is 6.13. The Balaban J connectivity index is 3.31. The molecule has 0 amide bonds. The van der Waals surface area contributed by atoms with Crippen molar-refractivity contribution in [3.63, 3.8) is 0 Å². The van der Waals surface area contributed by atoms with Crippen LogP contribution in [0.15, 0.2) is 6.07 Å². The smallest absolute Gasteiger partial charge is 0.0370 e. The first-order chi connectivity index (χ1) is 6.25. The van der Waals surface area contributed by atoms with Crippen LogP contribution < -0.4 is 5.73 Å². The molecule has 0 aliphatic carbocycles. The van der Waals surface area contributed by atoms with Gasteiger partial charge in [0.1, 0.15) is 0 Å². The third kappa shape index (κ3) is 1.85. The van der Waals surface area contributed by atoms with Gasteiger partial charge in [-0.2, -0.15) is 0 Å². The summed E-state index contributed by atoms with van der Waals surface area (Å²) < 4.78 is 2.34. The Morgan fingerprint density at radius 3 is 2.00 bits per heavy atom. The minimum atomic E-state index is -0.241. The van der Waals surface area contributed by atoms with E-state index in [-0.39, 0.29) is 5.54 Å². The summed E-state index contributed by atoms with van der Waals surface area (Å²) in [6.07, 6.45) is 0. The Labute approximate surface area is 87.1 Å². The first-order valence-electron chi connectivity index (χ1n) is 5.23. The van der Waals surface area contributed by atoms with Crippen molar-refractivity contribution < 1.29 is 0 Å². The van der Waals surface area contributed by atoms with Crippen LogP contribution in [-0.2, 0) is 5.54 Å². The fourth-order valence-electron chi connectivity index (χ4n) is 2.22. The molecule has 0 aliphatic rings. The first-order valence-corrected chi connectivity index (χ1v) is 5.23. The number of aromatic nitrogens is 1. The second-order valence-electron chi connectivity index (χ2n) is 4.97. The van der Waals surface area contributed by atoms with Gasteiger partial charge in [0.2, 0.25) is 0 Å². The predicted octanol–water partition coefficient (Wildman–Crippen LogP) is 2.88. The van der Waals surface area contributed by atoms with E-state index in [9.17, 15) is 0 Å². The van der Waals surface area contributed by atoms with E-state index in [2.05, 4.69) is 52.2 Å². The highest BCUT2D eigenvalue weighted by Gasteiger charge is 2.21. The van der Waals surface area contributed by atoms with E-state index < -0.39 is 0 Å². The zero-order chi connectivity index (χ0) is 11.1. The highest BCUT2D eigenvalue weighted by Crippen LogP contribution is 2.27. The lowest BCUT2D eigenvalue weighted by molar-refractivity contribution is 0.532. The fraction of sp³-hybridized carbons (Fsp3) is 0.667. The van der Waals surface area contributed by atoms with Crippen LogP contribution in [0.5, 0.6) is 0 Å². The van der Waals surface area contributed by atoms with E-state index in [1.54, 1.807) is 0 Å². The van der Waals surface area contributed by atoms with E-state index >= 15 is 0 Å². The Morgan fingerprint density at radius 2 is 1.79 bits per heavy atom. The molecule has 0 unspecified atom stereocenters. The minimum absolute atomic E-state index is 0.241. The average Bonchev–Trinajstić information content (AvgIpc) is 2.24. The highest BCUT2D eigenvalue weighted by atomic mass is 15.0. The number of aryl methyl sites for hydroxylation is 1. The number of nitrogens with two attached hydrogens (primary N) is 1. The summed E-state index contributed by atoms with van der Waals surface area (Å²) in [6.45, 7) is 12.8. The zero-order valence-corrected chi connectivity index (χ0v) is 10.2. The van der Waals surface area contributed by atoms with Gasteiger partial charge in [-0.1, -0.05) is 0 Å². The average molecular weight is 194 g/mol. The number of hydrogen-bond acceptors (Lipinski definition) is 1. The lowest BCUT2D eigenvalue weighted by atomic mass is 9.96. The molecular weight excluding hydrogens is 172 g/mol. The van der Waals surface area contributed by atoms with Crippen molar-refractivity contribution >= 4 is 0 Å². The second kappa shape index (κ2) is 3.43. The topological polar surface area (TPSA) is 30.9 Å². The minimum Gasteiger partial charge on any atom is -0.346 e. The van der Waals surface area contributed by atoms with Crippen molar-refractivity contribution in [1.29, 1.82) is 0 Å². The van der Waals surface area contributed by atoms with Gasteiger partial charge in [-0.05, 0) is 53.2 Å². The van der Waals surface area contributed by atoms with E-state index in [1.807, 2.05) is 0 Å². The molecule has 1 heterocycles. The molecule has 1 aromatic heterocycles. The maximum atomic E-state index is 6.13. The summed E-state index contributed by atoms with van der Waals surface area (Å²) in [6, 6.07) is 2.71. The molecule has 2 heteroatoms. The van der Waals surface area contributed by atoms with Gasteiger partial charge in [0.25, 0.3) is 0 Å². The van der Waals surface area contributed by atoms with Crippen LogP contribution in [0.1, 0.15) is 50.7 Å². The number of nitrogens with zero attached hydrogens (tertiary/aromatic N) is 1. The van der Waals surface area contributed by atoms with Crippen molar-refractivity contribution in [2.75, 3.05) is 0 Å². The quantitative estimate of drug-likeness (QED) is 0.771. The molecule has 0 bridgehead atoms. The molecule has 0 aliphatic heterocycles. The van der Waals surface area contributed by atoms with E-state index in [4.69, 9.17) is 5.73 Å². The molecule has 14 heavy (non-hydrogen) atoms.